The summed E-state index contributed by atoms with van der Waals surface area (Å²) in [7, 11) is -3.98. The summed E-state index contributed by atoms with van der Waals surface area (Å²) < 4.78 is 33.2. The van der Waals surface area contributed by atoms with E-state index < -0.39 is 15.1 Å². The second-order valence-electron chi connectivity index (χ2n) is 7.00. The lowest BCUT2D eigenvalue weighted by Gasteiger charge is -2.34. The monoisotopic (exact) mass is 442 g/mol. The zero-order valence-electron chi connectivity index (χ0n) is 16.2. The second kappa shape index (κ2) is 8.11. The van der Waals surface area contributed by atoms with Gasteiger partial charge in [-0.15, -0.1) is 0 Å². The number of rotatable bonds is 4. The fourth-order valence-corrected chi connectivity index (χ4v) is 4.93. The van der Waals surface area contributed by atoms with Crippen molar-refractivity contribution in [2.75, 3.05) is 31.1 Å². The number of aromatic nitrogens is 1. The number of nitrogens with zero attached hydrogens (tertiary/aromatic N) is 4. The van der Waals surface area contributed by atoms with Crippen molar-refractivity contribution in [2.24, 2.45) is 0 Å². The molecule has 0 spiro atoms. The van der Waals surface area contributed by atoms with Gasteiger partial charge in [0.15, 0.2) is 5.69 Å². The van der Waals surface area contributed by atoms with E-state index in [1.165, 1.54) is 4.31 Å². The third-order valence-electron chi connectivity index (χ3n) is 4.99. The maximum atomic E-state index is 13.2. The number of piperazine rings is 1. The second-order valence-corrected chi connectivity index (χ2v) is 9.28. The van der Waals surface area contributed by atoms with Crippen LogP contribution < -0.4 is 4.90 Å². The fourth-order valence-electron chi connectivity index (χ4n) is 3.35. The van der Waals surface area contributed by atoms with Gasteiger partial charge in [0.1, 0.15) is 6.07 Å². The van der Waals surface area contributed by atoms with E-state index in [4.69, 9.17) is 16.0 Å². The Hall–Kier alpha value is -2.86. The Morgan fingerprint density at radius 3 is 2.43 bits per heavy atom. The molecule has 154 valence electrons. The molecule has 0 radical (unpaired) electrons. The Balaban J connectivity index is 1.57. The van der Waals surface area contributed by atoms with Gasteiger partial charge in [0.05, 0.1) is 0 Å². The summed E-state index contributed by atoms with van der Waals surface area (Å²) in [5.74, 6) is 0.114. The van der Waals surface area contributed by atoms with E-state index >= 15 is 0 Å². The lowest BCUT2D eigenvalue weighted by Crippen LogP contribution is -2.48. The van der Waals surface area contributed by atoms with Gasteiger partial charge >= 0.3 is 0 Å². The van der Waals surface area contributed by atoms with E-state index in [0.717, 1.165) is 11.3 Å². The van der Waals surface area contributed by atoms with Crippen molar-refractivity contribution in [1.29, 1.82) is 5.26 Å². The first-order chi connectivity index (χ1) is 14.4. The van der Waals surface area contributed by atoms with Crippen LogP contribution in [0.15, 0.2) is 58.0 Å². The van der Waals surface area contributed by atoms with Gasteiger partial charge in [0.2, 0.25) is 5.89 Å². The molecule has 1 aromatic heterocycles. The Morgan fingerprint density at radius 1 is 1.10 bits per heavy atom. The molecule has 0 N–H and O–H groups in total. The average Bonchev–Trinajstić information content (AvgIpc) is 3.20. The minimum atomic E-state index is -3.98. The number of anilines is 1. The Bertz CT molecular complexity index is 1210. The standard InChI is InChI=1S/C21H19ClN4O3S/c1-15-5-7-16(8-6-15)20-24-19(14-23)21(29-20)30(27,28)26-11-9-25(10-12-26)18-4-2-3-17(22)13-18/h2-8,13H,9-12H2,1H3. The van der Waals surface area contributed by atoms with Gasteiger partial charge in [-0.3, -0.25) is 0 Å². The summed E-state index contributed by atoms with van der Waals surface area (Å²) >= 11 is 6.06. The van der Waals surface area contributed by atoms with Gasteiger partial charge < -0.3 is 9.32 Å². The van der Waals surface area contributed by atoms with E-state index in [0.29, 0.717) is 23.7 Å². The van der Waals surface area contributed by atoms with Crippen molar-refractivity contribution in [3.05, 3.63) is 64.8 Å². The summed E-state index contributed by atoms with van der Waals surface area (Å²) in [6, 6.07) is 16.6. The molecule has 7 nitrogen and oxygen atoms in total. The molecular formula is C21H19ClN4O3S. The highest BCUT2D eigenvalue weighted by Gasteiger charge is 2.35. The van der Waals surface area contributed by atoms with Crippen LogP contribution in [-0.4, -0.2) is 43.9 Å². The highest BCUT2D eigenvalue weighted by Crippen LogP contribution is 2.29. The van der Waals surface area contributed by atoms with Crippen molar-refractivity contribution < 1.29 is 12.8 Å². The number of oxazole rings is 1. The molecule has 3 aromatic rings. The van der Waals surface area contributed by atoms with Gasteiger partial charge in [-0.05, 0) is 37.3 Å². The predicted molar refractivity (Wildman–Crippen MR) is 114 cm³/mol. The molecule has 0 aliphatic carbocycles. The quantitative estimate of drug-likeness (QED) is 0.612. The zero-order valence-corrected chi connectivity index (χ0v) is 17.8. The van der Waals surface area contributed by atoms with Crippen molar-refractivity contribution in [3.63, 3.8) is 0 Å². The number of halogens is 1. The molecule has 30 heavy (non-hydrogen) atoms. The molecule has 2 aromatic carbocycles. The molecule has 1 aliphatic heterocycles. The minimum absolute atomic E-state index is 0.114. The Kier molecular flexibility index (Phi) is 5.52. The lowest BCUT2D eigenvalue weighted by atomic mass is 10.1. The van der Waals surface area contributed by atoms with Crippen molar-refractivity contribution in [3.8, 4) is 17.5 Å². The van der Waals surface area contributed by atoms with Gasteiger partial charge in [-0.1, -0.05) is 35.4 Å². The molecule has 0 unspecified atom stereocenters. The smallest absolute Gasteiger partial charge is 0.279 e. The van der Waals surface area contributed by atoms with Gasteiger partial charge in [-0.2, -0.15) is 14.6 Å². The van der Waals surface area contributed by atoms with Crippen LogP contribution in [0.3, 0.4) is 0 Å². The topological polar surface area (TPSA) is 90.4 Å². The normalized spacial score (nSPS) is 15.2. The van der Waals surface area contributed by atoms with Crippen LogP contribution in [0.1, 0.15) is 11.3 Å². The number of benzene rings is 2. The Morgan fingerprint density at radius 2 is 1.80 bits per heavy atom. The highest BCUT2D eigenvalue weighted by molar-refractivity contribution is 7.89. The van der Waals surface area contributed by atoms with Gasteiger partial charge in [-0.25, -0.2) is 8.42 Å². The third-order valence-corrected chi connectivity index (χ3v) is 7.01. The maximum Gasteiger partial charge on any atom is 0.279 e. The molecule has 1 fully saturated rings. The SMILES string of the molecule is Cc1ccc(-c2nc(C#N)c(S(=O)(=O)N3CCN(c4cccc(Cl)c4)CC3)o2)cc1. The number of aryl methyl sites for hydroxylation is 1. The minimum Gasteiger partial charge on any atom is -0.422 e. The molecule has 0 amide bonds. The van der Waals surface area contributed by atoms with Crippen LogP contribution >= 0.6 is 11.6 Å². The third kappa shape index (κ3) is 3.92. The van der Waals surface area contributed by atoms with Gasteiger partial charge in [0.25, 0.3) is 15.1 Å². The van der Waals surface area contributed by atoms with E-state index in [1.807, 2.05) is 43.3 Å². The van der Waals surface area contributed by atoms with E-state index in [1.54, 1.807) is 18.2 Å². The molecule has 1 aliphatic rings. The maximum absolute atomic E-state index is 13.2. The predicted octanol–water partition coefficient (Wildman–Crippen LogP) is 3.69. The number of nitriles is 1. The van der Waals surface area contributed by atoms with Crippen LogP contribution in [-0.2, 0) is 10.0 Å². The molecule has 0 saturated carbocycles. The van der Waals surface area contributed by atoms with E-state index in [2.05, 4.69) is 9.88 Å². The Labute approximate surface area is 180 Å². The first-order valence-corrected chi connectivity index (χ1v) is 11.2. The van der Waals surface area contributed by atoms with Crippen molar-refractivity contribution in [2.45, 2.75) is 12.0 Å². The van der Waals surface area contributed by atoms with Crippen molar-refractivity contribution in [1.82, 2.24) is 9.29 Å². The van der Waals surface area contributed by atoms with E-state index in [9.17, 15) is 13.7 Å². The number of sulfonamides is 1. The molecule has 0 bridgehead atoms. The molecule has 9 heteroatoms. The summed E-state index contributed by atoms with van der Waals surface area (Å²) in [4.78, 5) is 6.17. The summed E-state index contributed by atoms with van der Waals surface area (Å²) in [5.41, 5.74) is 2.38. The first-order valence-electron chi connectivity index (χ1n) is 9.37. The summed E-state index contributed by atoms with van der Waals surface area (Å²) in [5, 5.41) is 9.65. The lowest BCUT2D eigenvalue weighted by molar-refractivity contribution is 0.363. The number of hydrogen-bond acceptors (Lipinski definition) is 6. The van der Waals surface area contributed by atoms with Crippen LogP contribution in [0.2, 0.25) is 5.02 Å². The molecule has 0 atom stereocenters. The molecule has 1 saturated heterocycles. The summed E-state index contributed by atoms with van der Waals surface area (Å²) in [6.07, 6.45) is 0. The largest absolute Gasteiger partial charge is 0.422 e. The summed E-state index contributed by atoms with van der Waals surface area (Å²) in [6.45, 7) is 3.47. The van der Waals surface area contributed by atoms with Crippen LogP contribution in [0, 0.1) is 18.3 Å². The van der Waals surface area contributed by atoms with E-state index in [-0.39, 0.29) is 24.7 Å². The average molecular weight is 443 g/mol. The fraction of sp³-hybridized carbons (Fsp3) is 0.238. The molecule has 4 rings (SSSR count). The van der Waals surface area contributed by atoms with Crippen molar-refractivity contribution >= 4 is 27.3 Å². The first kappa shape index (κ1) is 20.4. The van der Waals surface area contributed by atoms with Crippen LogP contribution in [0.25, 0.3) is 11.5 Å². The molecular weight excluding hydrogens is 424 g/mol. The van der Waals surface area contributed by atoms with Gasteiger partial charge in [0, 0.05) is 42.5 Å². The molecule has 2 heterocycles. The zero-order chi connectivity index (χ0) is 21.3. The van der Waals surface area contributed by atoms with Crippen LogP contribution in [0.4, 0.5) is 5.69 Å². The highest BCUT2D eigenvalue weighted by atomic mass is 35.5. The number of hydrogen-bond donors (Lipinski definition) is 0. The van der Waals surface area contributed by atoms with Crippen LogP contribution in [0.5, 0.6) is 0 Å².